The van der Waals surface area contributed by atoms with Crippen LogP contribution >= 0.6 is 0 Å². The smallest absolute Gasteiger partial charge is 0.490 e. The largest absolute Gasteiger partial charge is 0.490 e. The zero-order valence-electron chi connectivity index (χ0n) is 18.5. The molecule has 1 aliphatic rings. The minimum absolute atomic E-state index is 0.530. The van der Waals surface area contributed by atoms with Gasteiger partial charge in [-0.2, -0.15) is 13.2 Å². The molecule has 1 saturated heterocycles. The number of piperazine rings is 1. The second-order valence-electron chi connectivity index (χ2n) is 7.44. The molecular weight excluding hydrogens is 453 g/mol. The fourth-order valence-corrected chi connectivity index (χ4v) is 3.12. The van der Waals surface area contributed by atoms with E-state index < -0.39 is 12.1 Å². The third-order valence-corrected chi connectivity index (χ3v) is 4.90. The normalized spacial score (nSPS) is 14.3. The first-order valence-corrected chi connectivity index (χ1v) is 10.5. The topological polar surface area (TPSA) is 104 Å². The van der Waals surface area contributed by atoms with Crippen LogP contribution in [-0.2, 0) is 4.79 Å². The number of anilines is 2. The molecule has 182 valence electrons. The summed E-state index contributed by atoms with van der Waals surface area (Å²) in [7, 11) is 2.15. The lowest BCUT2D eigenvalue weighted by Crippen LogP contribution is -2.45. The zero-order chi connectivity index (χ0) is 24.6. The Hall–Kier alpha value is -3.67. The van der Waals surface area contributed by atoms with Gasteiger partial charge in [-0.25, -0.2) is 14.8 Å². The highest BCUT2D eigenvalue weighted by atomic mass is 19.4. The molecule has 9 nitrogen and oxygen atoms in total. The van der Waals surface area contributed by atoms with Gasteiger partial charge in [0.2, 0.25) is 0 Å². The van der Waals surface area contributed by atoms with Crippen LogP contribution in [0.3, 0.4) is 0 Å². The van der Waals surface area contributed by atoms with Crippen LogP contribution in [0, 0.1) is 0 Å². The maximum Gasteiger partial charge on any atom is 0.490 e. The monoisotopic (exact) mass is 478 g/mol. The predicted octanol–water partition coefficient (Wildman–Crippen LogP) is 2.90. The number of ether oxygens (including phenoxy) is 1. The lowest BCUT2D eigenvalue weighted by Gasteiger charge is -2.34. The second kappa shape index (κ2) is 11.5. The molecule has 0 aliphatic carbocycles. The Morgan fingerprint density at radius 1 is 1.09 bits per heavy atom. The number of hydrogen-bond acceptors (Lipinski definition) is 8. The molecule has 1 aliphatic heterocycles. The summed E-state index contributed by atoms with van der Waals surface area (Å²) < 4.78 is 37.5. The highest BCUT2D eigenvalue weighted by Gasteiger charge is 2.38. The summed E-state index contributed by atoms with van der Waals surface area (Å²) in [6.45, 7) is 5.12. The number of rotatable bonds is 6. The summed E-state index contributed by atoms with van der Waals surface area (Å²) in [4.78, 5) is 27.3. The molecular formula is C22H25F3N6O3. The zero-order valence-corrected chi connectivity index (χ0v) is 18.5. The van der Waals surface area contributed by atoms with Crippen molar-refractivity contribution in [1.29, 1.82) is 0 Å². The summed E-state index contributed by atoms with van der Waals surface area (Å²) in [6, 6.07) is 11.8. The number of aliphatic carboxylic acids is 1. The highest BCUT2D eigenvalue weighted by Crippen LogP contribution is 2.25. The van der Waals surface area contributed by atoms with E-state index in [1.54, 1.807) is 12.4 Å². The fraction of sp³-hybridized carbons (Fsp3) is 0.364. The summed E-state index contributed by atoms with van der Waals surface area (Å²) in [5.41, 5.74) is 1.81. The molecule has 34 heavy (non-hydrogen) atoms. The molecule has 0 bridgehead atoms. The van der Waals surface area contributed by atoms with E-state index in [9.17, 15) is 13.2 Å². The van der Waals surface area contributed by atoms with Crippen molar-refractivity contribution >= 4 is 28.6 Å². The van der Waals surface area contributed by atoms with Gasteiger partial charge in [0.15, 0.2) is 11.6 Å². The quantitative estimate of drug-likeness (QED) is 0.518. The van der Waals surface area contributed by atoms with Crippen molar-refractivity contribution in [2.75, 3.05) is 56.6 Å². The molecule has 2 aromatic heterocycles. The Kier molecular flexibility index (Phi) is 8.41. The first kappa shape index (κ1) is 25.0. The average Bonchev–Trinajstić information content (AvgIpc) is 2.82. The van der Waals surface area contributed by atoms with Gasteiger partial charge in [0, 0.05) is 32.4 Å². The van der Waals surface area contributed by atoms with Crippen molar-refractivity contribution in [3.8, 4) is 5.75 Å². The predicted molar refractivity (Wildman–Crippen MR) is 121 cm³/mol. The second-order valence-corrected chi connectivity index (χ2v) is 7.44. The molecule has 0 atom stereocenters. The summed E-state index contributed by atoms with van der Waals surface area (Å²) >= 11 is 0. The number of nitrogens with one attached hydrogen (secondary N) is 1. The minimum atomic E-state index is -5.08. The summed E-state index contributed by atoms with van der Waals surface area (Å²) in [5.74, 6) is -0.257. The van der Waals surface area contributed by atoms with Crippen LogP contribution in [0.4, 0.5) is 24.8 Å². The van der Waals surface area contributed by atoms with E-state index in [4.69, 9.17) is 24.6 Å². The van der Waals surface area contributed by atoms with Crippen LogP contribution in [0.2, 0.25) is 0 Å². The number of carboxylic acid groups (broad SMARTS) is 1. The van der Waals surface area contributed by atoms with Crippen molar-refractivity contribution in [2.24, 2.45) is 0 Å². The average molecular weight is 478 g/mol. The van der Waals surface area contributed by atoms with Crippen molar-refractivity contribution in [2.45, 2.75) is 6.18 Å². The maximum absolute atomic E-state index is 10.6. The van der Waals surface area contributed by atoms with Crippen molar-refractivity contribution in [3.05, 3.63) is 48.8 Å². The highest BCUT2D eigenvalue weighted by molar-refractivity contribution is 5.80. The number of para-hydroxylation sites is 2. The van der Waals surface area contributed by atoms with Gasteiger partial charge in [0.1, 0.15) is 12.4 Å². The number of aromatic nitrogens is 3. The molecule has 3 aromatic rings. The number of benzene rings is 1. The van der Waals surface area contributed by atoms with E-state index >= 15 is 0 Å². The van der Waals surface area contributed by atoms with Crippen molar-refractivity contribution in [1.82, 2.24) is 19.9 Å². The molecule has 0 spiro atoms. The van der Waals surface area contributed by atoms with E-state index in [0.29, 0.717) is 13.2 Å². The molecule has 0 radical (unpaired) electrons. The van der Waals surface area contributed by atoms with Gasteiger partial charge >= 0.3 is 12.1 Å². The molecule has 0 unspecified atom stereocenters. The fourth-order valence-electron chi connectivity index (χ4n) is 3.12. The van der Waals surface area contributed by atoms with E-state index in [2.05, 4.69) is 27.1 Å². The van der Waals surface area contributed by atoms with E-state index in [-0.39, 0.29) is 0 Å². The van der Waals surface area contributed by atoms with Gasteiger partial charge < -0.3 is 25.0 Å². The molecule has 0 saturated carbocycles. The third-order valence-electron chi connectivity index (χ3n) is 4.90. The summed E-state index contributed by atoms with van der Waals surface area (Å²) in [5, 5.41) is 10.5. The number of alkyl halides is 3. The van der Waals surface area contributed by atoms with Gasteiger partial charge in [-0.1, -0.05) is 12.1 Å². The number of carboxylic acids is 1. The molecule has 12 heteroatoms. The Morgan fingerprint density at radius 3 is 2.32 bits per heavy atom. The van der Waals surface area contributed by atoms with E-state index in [1.165, 1.54) is 0 Å². The number of fused-ring (bicyclic) bond motifs is 1. The van der Waals surface area contributed by atoms with Gasteiger partial charge in [-0.05, 0) is 31.3 Å². The van der Waals surface area contributed by atoms with E-state index in [0.717, 1.165) is 54.6 Å². The lowest BCUT2D eigenvalue weighted by atomic mass is 10.3. The van der Waals surface area contributed by atoms with Crippen LogP contribution in [-0.4, -0.2) is 83.5 Å². The van der Waals surface area contributed by atoms with Crippen LogP contribution < -0.4 is 15.0 Å². The van der Waals surface area contributed by atoms with Crippen LogP contribution in [0.15, 0.2) is 48.8 Å². The number of pyridine rings is 1. The number of carbonyl (C=O) groups is 1. The van der Waals surface area contributed by atoms with Crippen LogP contribution in [0.1, 0.15) is 0 Å². The molecule has 2 N–H and O–H groups in total. The first-order valence-electron chi connectivity index (χ1n) is 10.5. The first-order chi connectivity index (χ1) is 16.2. The SMILES string of the molecule is CN1CCN(c2nc3ccccc3nc2NCCOc2cccnc2)CC1.O=C(O)C(F)(F)F. The van der Waals surface area contributed by atoms with E-state index in [1.807, 2.05) is 36.4 Å². The Labute approximate surface area is 194 Å². The van der Waals surface area contributed by atoms with Gasteiger partial charge in [0.25, 0.3) is 0 Å². The van der Waals surface area contributed by atoms with Crippen molar-refractivity contribution in [3.63, 3.8) is 0 Å². The van der Waals surface area contributed by atoms with Crippen LogP contribution in [0.25, 0.3) is 11.0 Å². The molecule has 1 aromatic carbocycles. The number of halogens is 3. The van der Waals surface area contributed by atoms with Crippen LogP contribution in [0.5, 0.6) is 5.75 Å². The molecule has 4 rings (SSSR count). The number of likely N-dealkylation sites (N-methyl/N-ethyl adjacent to an activating group) is 1. The lowest BCUT2D eigenvalue weighted by molar-refractivity contribution is -0.192. The minimum Gasteiger partial charge on any atom is -0.490 e. The third kappa shape index (κ3) is 7.17. The summed E-state index contributed by atoms with van der Waals surface area (Å²) in [6.07, 6.45) is -1.64. The maximum atomic E-state index is 10.6. The standard InChI is InChI=1S/C20H24N6O.C2HF3O2/c1-25-10-12-26(13-11-25)20-19(23-17-6-2-3-7-18(17)24-20)22-9-14-27-16-5-4-8-21-15-16;3-2(4,5)1(6)7/h2-8,15H,9-14H2,1H3,(H,22,23);(H,6,7). The Bertz CT molecular complexity index is 1080. The van der Waals surface area contributed by atoms with Crippen molar-refractivity contribution < 1.29 is 27.8 Å². The van der Waals surface area contributed by atoms with Gasteiger partial charge in [-0.3, -0.25) is 4.98 Å². The number of nitrogens with zero attached hydrogens (tertiary/aromatic N) is 5. The van der Waals surface area contributed by atoms with Gasteiger partial charge in [-0.15, -0.1) is 0 Å². The Morgan fingerprint density at radius 2 is 1.74 bits per heavy atom. The molecule has 0 amide bonds. The molecule has 3 heterocycles. The van der Waals surface area contributed by atoms with Gasteiger partial charge in [0.05, 0.1) is 23.8 Å². The number of hydrogen-bond donors (Lipinski definition) is 2. The molecule has 1 fully saturated rings. The Balaban J connectivity index is 0.000000406.